The Labute approximate surface area is 200 Å². The molecular weight excluding hydrogens is 414 g/mol. The number of amides is 2. The number of anilines is 1. The van der Waals surface area contributed by atoms with E-state index in [0.29, 0.717) is 12.6 Å². The molecule has 1 aromatic rings. The van der Waals surface area contributed by atoms with Crippen LogP contribution in [0.4, 0.5) is 10.5 Å². The Bertz CT molecular complexity index is 819. The molecule has 0 radical (unpaired) electrons. The zero-order valence-corrected chi connectivity index (χ0v) is 21.5. The van der Waals surface area contributed by atoms with Crippen molar-refractivity contribution < 1.29 is 14.3 Å². The second-order valence-corrected chi connectivity index (χ2v) is 9.91. The van der Waals surface area contributed by atoms with Gasteiger partial charge in [-0.25, -0.2) is 4.79 Å². The average molecular weight is 458 g/mol. The molecule has 1 aromatic carbocycles. The molecule has 0 saturated carbocycles. The molecule has 3 unspecified atom stereocenters. The van der Waals surface area contributed by atoms with Crippen molar-refractivity contribution >= 4 is 17.7 Å². The zero-order chi connectivity index (χ0) is 24.1. The third-order valence-corrected chi connectivity index (χ3v) is 7.77. The van der Waals surface area contributed by atoms with E-state index in [2.05, 4.69) is 50.8 Å². The quantitative estimate of drug-likeness (QED) is 0.558. The van der Waals surface area contributed by atoms with E-state index in [9.17, 15) is 9.59 Å². The number of aryl methyl sites for hydroxylation is 2. The fourth-order valence-electron chi connectivity index (χ4n) is 5.75. The van der Waals surface area contributed by atoms with Crippen molar-refractivity contribution in [1.29, 1.82) is 0 Å². The summed E-state index contributed by atoms with van der Waals surface area (Å²) in [6, 6.07) is 7.52. The summed E-state index contributed by atoms with van der Waals surface area (Å²) in [5.41, 5.74) is 3.49. The lowest BCUT2D eigenvalue weighted by Gasteiger charge is -2.42. The molecule has 6 nitrogen and oxygen atoms in total. The van der Waals surface area contributed by atoms with Crippen LogP contribution in [0.2, 0.25) is 0 Å². The van der Waals surface area contributed by atoms with Crippen LogP contribution in [0.15, 0.2) is 18.2 Å². The molecular formula is C27H43N3O3. The number of nitrogens with zero attached hydrogens (tertiary/aromatic N) is 3. The summed E-state index contributed by atoms with van der Waals surface area (Å²) in [5.74, 6) is 0.119. The Balaban J connectivity index is 1.63. The van der Waals surface area contributed by atoms with Crippen LogP contribution in [-0.4, -0.2) is 65.7 Å². The summed E-state index contributed by atoms with van der Waals surface area (Å²) in [6.45, 7) is 14.5. The normalized spacial score (nSPS) is 22.9. The average Bonchev–Trinajstić information content (AvgIpc) is 3.15. The van der Waals surface area contributed by atoms with Gasteiger partial charge in [0.15, 0.2) is 0 Å². The molecule has 0 aliphatic carbocycles. The predicted molar refractivity (Wildman–Crippen MR) is 134 cm³/mol. The summed E-state index contributed by atoms with van der Waals surface area (Å²) in [7, 11) is 0. The van der Waals surface area contributed by atoms with E-state index in [1.165, 1.54) is 11.1 Å². The van der Waals surface area contributed by atoms with Crippen molar-refractivity contribution in [3.8, 4) is 0 Å². The van der Waals surface area contributed by atoms with Crippen molar-refractivity contribution in [2.24, 2.45) is 0 Å². The Hall–Kier alpha value is -2.08. The highest BCUT2D eigenvalue weighted by Crippen LogP contribution is 2.32. The predicted octanol–water partition coefficient (Wildman–Crippen LogP) is 5.30. The Morgan fingerprint density at radius 1 is 1.09 bits per heavy atom. The minimum absolute atomic E-state index is 0.119. The smallest absolute Gasteiger partial charge is 0.410 e. The number of benzene rings is 1. The fraction of sp³-hybridized carbons (Fsp3) is 0.704. The van der Waals surface area contributed by atoms with Gasteiger partial charge in [0.1, 0.15) is 0 Å². The molecule has 2 saturated heterocycles. The van der Waals surface area contributed by atoms with Crippen LogP contribution in [0.1, 0.15) is 77.3 Å². The molecule has 184 valence electrons. The first-order valence-electron chi connectivity index (χ1n) is 12.8. The SMILES string of the molecule is CCOC(=O)N1C(C)CCC1CC(CC)N1CCC(N(C(C)=O)c2ccc(C)c(C)c2)CC1. The van der Waals surface area contributed by atoms with Crippen LogP contribution in [0.25, 0.3) is 0 Å². The lowest BCUT2D eigenvalue weighted by atomic mass is 9.96. The second-order valence-electron chi connectivity index (χ2n) is 9.91. The van der Waals surface area contributed by atoms with Crippen LogP contribution in [0.3, 0.4) is 0 Å². The number of hydrogen-bond donors (Lipinski definition) is 0. The maximum atomic E-state index is 12.6. The van der Waals surface area contributed by atoms with Gasteiger partial charge in [-0.1, -0.05) is 13.0 Å². The molecule has 0 aromatic heterocycles. The van der Waals surface area contributed by atoms with Gasteiger partial charge in [-0.2, -0.15) is 0 Å². The van der Waals surface area contributed by atoms with Crippen LogP contribution >= 0.6 is 0 Å². The summed E-state index contributed by atoms with van der Waals surface area (Å²) in [4.78, 5) is 31.7. The monoisotopic (exact) mass is 457 g/mol. The Morgan fingerprint density at radius 3 is 2.36 bits per heavy atom. The molecule has 2 heterocycles. The van der Waals surface area contributed by atoms with Gasteiger partial charge in [-0.05, 0) is 89.5 Å². The molecule has 0 spiro atoms. The summed E-state index contributed by atoms with van der Waals surface area (Å²) in [6.07, 6.45) is 5.96. The second kappa shape index (κ2) is 11.4. The van der Waals surface area contributed by atoms with Crippen molar-refractivity contribution in [3.63, 3.8) is 0 Å². The Kier molecular flexibility index (Phi) is 8.80. The zero-order valence-electron chi connectivity index (χ0n) is 21.5. The topological polar surface area (TPSA) is 53.1 Å². The van der Waals surface area contributed by atoms with Crippen LogP contribution in [-0.2, 0) is 9.53 Å². The van der Waals surface area contributed by atoms with Gasteiger partial charge in [0.25, 0.3) is 0 Å². The fourth-order valence-corrected chi connectivity index (χ4v) is 5.75. The number of piperidine rings is 1. The van der Waals surface area contributed by atoms with Gasteiger partial charge in [0, 0.05) is 49.9 Å². The minimum Gasteiger partial charge on any atom is -0.450 e. The molecule has 33 heavy (non-hydrogen) atoms. The van der Waals surface area contributed by atoms with Crippen molar-refractivity contribution in [1.82, 2.24) is 9.80 Å². The van der Waals surface area contributed by atoms with Crippen LogP contribution < -0.4 is 4.90 Å². The maximum absolute atomic E-state index is 12.6. The van der Waals surface area contributed by atoms with Gasteiger partial charge >= 0.3 is 6.09 Å². The van der Waals surface area contributed by atoms with Crippen LogP contribution in [0, 0.1) is 13.8 Å². The third kappa shape index (κ3) is 5.89. The highest BCUT2D eigenvalue weighted by atomic mass is 16.6. The van der Waals surface area contributed by atoms with Gasteiger partial charge in [-0.3, -0.25) is 4.79 Å². The largest absolute Gasteiger partial charge is 0.450 e. The molecule has 0 N–H and O–H groups in total. The molecule has 3 atom stereocenters. The molecule has 6 heteroatoms. The van der Waals surface area contributed by atoms with E-state index in [-0.39, 0.29) is 30.1 Å². The van der Waals surface area contributed by atoms with Gasteiger partial charge in [-0.15, -0.1) is 0 Å². The Morgan fingerprint density at radius 2 is 1.79 bits per heavy atom. The minimum atomic E-state index is -0.161. The van der Waals surface area contributed by atoms with E-state index < -0.39 is 0 Å². The van der Waals surface area contributed by atoms with E-state index in [0.717, 1.165) is 57.3 Å². The number of rotatable bonds is 7. The third-order valence-electron chi connectivity index (χ3n) is 7.77. The van der Waals surface area contributed by atoms with Crippen molar-refractivity contribution in [3.05, 3.63) is 29.3 Å². The summed E-state index contributed by atoms with van der Waals surface area (Å²) in [5, 5.41) is 0. The molecule has 2 amide bonds. The van der Waals surface area contributed by atoms with E-state index in [1.54, 1.807) is 6.92 Å². The summed E-state index contributed by atoms with van der Waals surface area (Å²) >= 11 is 0. The van der Waals surface area contributed by atoms with E-state index in [4.69, 9.17) is 4.74 Å². The molecule has 2 aliphatic rings. The molecule has 3 rings (SSSR count). The maximum Gasteiger partial charge on any atom is 0.410 e. The van der Waals surface area contributed by atoms with Crippen molar-refractivity contribution in [2.45, 2.75) is 104 Å². The van der Waals surface area contributed by atoms with Crippen LogP contribution in [0.5, 0.6) is 0 Å². The van der Waals surface area contributed by atoms with Crippen molar-refractivity contribution in [2.75, 3.05) is 24.6 Å². The lowest BCUT2D eigenvalue weighted by molar-refractivity contribution is -0.117. The molecule has 2 aliphatic heterocycles. The van der Waals surface area contributed by atoms with Gasteiger partial charge in [0.2, 0.25) is 5.91 Å². The highest BCUT2D eigenvalue weighted by Gasteiger charge is 2.38. The first-order valence-corrected chi connectivity index (χ1v) is 12.8. The molecule has 2 fully saturated rings. The number of likely N-dealkylation sites (tertiary alicyclic amines) is 2. The first-order chi connectivity index (χ1) is 15.8. The van der Waals surface area contributed by atoms with Gasteiger partial charge < -0.3 is 19.4 Å². The van der Waals surface area contributed by atoms with E-state index in [1.807, 2.05) is 16.7 Å². The van der Waals surface area contributed by atoms with E-state index >= 15 is 0 Å². The highest BCUT2D eigenvalue weighted by molar-refractivity contribution is 5.92. The number of ether oxygens (including phenoxy) is 1. The lowest BCUT2D eigenvalue weighted by Crippen LogP contribution is -2.51. The number of carbonyl (C=O) groups is 2. The first kappa shape index (κ1) is 25.5. The van der Waals surface area contributed by atoms with Gasteiger partial charge in [0.05, 0.1) is 6.61 Å². The number of hydrogen-bond acceptors (Lipinski definition) is 4. The standard InChI is InChI=1S/C27H43N3O3/c1-7-23(18-26-12-10-21(5)29(26)27(32)33-8-2)28-15-13-24(14-16-28)30(22(6)31)25-11-9-19(3)20(4)17-25/h9,11,17,21,23-24,26H,7-8,10,12-16,18H2,1-6H3. The summed E-state index contributed by atoms with van der Waals surface area (Å²) < 4.78 is 5.34. The number of carbonyl (C=O) groups excluding carboxylic acids is 2. The molecule has 0 bridgehead atoms.